The standard InChI is InChI=1S/C11H13N5O2/c1-6-3-7(2)16-11(12-6)14-9(15-16)10(17)13-8-4-18-5-8/h3,8H,4-5H2,1-2H3,(H,13,17). The molecule has 1 aliphatic heterocycles. The number of ether oxygens (including phenoxy) is 1. The molecule has 3 heterocycles. The van der Waals surface area contributed by atoms with Crippen LogP contribution in [0.5, 0.6) is 0 Å². The van der Waals surface area contributed by atoms with Gasteiger partial charge in [-0.15, -0.1) is 5.10 Å². The summed E-state index contributed by atoms with van der Waals surface area (Å²) >= 11 is 0. The molecule has 1 aliphatic rings. The van der Waals surface area contributed by atoms with Crippen molar-refractivity contribution in [3.05, 3.63) is 23.3 Å². The number of fused-ring (bicyclic) bond motifs is 1. The average Bonchev–Trinajstić information content (AvgIpc) is 2.67. The van der Waals surface area contributed by atoms with E-state index in [9.17, 15) is 4.79 Å². The number of aryl methyl sites for hydroxylation is 2. The molecule has 0 bridgehead atoms. The summed E-state index contributed by atoms with van der Waals surface area (Å²) in [6, 6.07) is 1.96. The second-order valence-corrected chi connectivity index (χ2v) is 4.39. The van der Waals surface area contributed by atoms with Crippen molar-refractivity contribution >= 4 is 11.7 Å². The highest BCUT2D eigenvalue weighted by molar-refractivity contribution is 5.91. The van der Waals surface area contributed by atoms with Gasteiger partial charge in [-0.1, -0.05) is 0 Å². The summed E-state index contributed by atoms with van der Waals surface area (Å²) in [7, 11) is 0. The lowest BCUT2D eigenvalue weighted by atomic mass is 10.2. The van der Waals surface area contributed by atoms with Crippen molar-refractivity contribution in [1.82, 2.24) is 24.9 Å². The number of hydrogen-bond donors (Lipinski definition) is 1. The van der Waals surface area contributed by atoms with Gasteiger partial charge in [-0.3, -0.25) is 4.79 Å². The van der Waals surface area contributed by atoms with Crippen LogP contribution in [0, 0.1) is 13.8 Å². The van der Waals surface area contributed by atoms with Gasteiger partial charge in [0, 0.05) is 11.4 Å². The summed E-state index contributed by atoms with van der Waals surface area (Å²) in [5.41, 5.74) is 1.75. The van der Waals surface area contributed by atoms with E-state index in [0.29, 0.717) is 19.0 Å². The Kier molecular flexibility index (Phi) is 2.48. The third-order valence-electron chi connectivity index (χ3n) is 2.79. The van der Waals surface area contributed by atoms with Gasteiger partial charge in [0.05, 0.1) is 19.3 Å². The molecule has 0 unspecified atom stereocenters. The van der Waals surface area contributed by atoms with Gasteiger partial charge in [0.2, 0.25) is 5.82 Å². The average molecular weight is 247 g/mol. The van der Waals surface area contributed by atoms with Gasteiger partial charge in [0.25, 0.3) is 11.7 Å². The topological polar surface area (TPSA) is 81.4 Å². The summed E-state index contributed by atoms with van der Waals surface area (Å²) in [5.74, 6) is 0.302. The van der Waals surface area contributed by atoms with Crippen LogP contribution in [0.1, 0.15) is 22.0 Å². The predicted octanol–water partition coefficient (Wildman–Crippen LogP) is -0.130. The van der Waals surface area contributed by atoms with E-state index in [1.165, 1.54) is 0 Å². The highest BCUT2D eigenvalue weighted by atomic mass is 16.5. The van der Waals surface area contributed by atoms with Crippen LogP contribution in [0.3, 0.4) is 0 Å². The zero-order valence-electron chi connectivity index (χ0n) is 10.2. The fourth-order valence-electron chi connectivity index (χ4n) is 1.83. The van der Waals surface area contributed by atoms with Crippen molar-refractivity contribution < 1.29 is 9.53 Å². The van der Waals surface area contributed by atoms with Gasteiger partial charge in [-0.05, 0) is 19.9 Å². The normalized spacial score (nSPS) is 15.7. The lowest BCUT2D eigenvalue weighted by molar-refractivity contribution is -0.00363. The molecule has 0 atom stereocenters. The molecule has 3 rings (SSSR count). The first-order chi connectivity index (χ1) is 8.63. The molecule has 1 N–H and O–H groups in total. The summed E-state index contributed by atoms with van der Waals surface area (Å²) in [5, 5.41) is 6.95. The largest absolute Gasteiger partial charge is 0.377 e. The first-order valence-electron chi connectivity index (χ1n) is 5.73. The van der Waals surface area contributed by atoms with Gasteiger partial charge in [0.15, 0.2) is 0 Å². The summed E-state index contributed by atoms with van der Waals surface area (Å²) in [4.78, 5) is 20.3. The van der Waals surface area contributed by atoms with Gasteiger partial charge >= 0.3 is 0 Å². The van der Waals surface area contributed by atoms with Crippen LogP contribution in [0.25, 0.3) is 5.78 Å². The van der Waals surface area contributed by atoms with Crippen LogP contribution in [0.15, 0.2) is 6.07 Å². The zero-order valence-corrected chi connectivity index (χ0v) is 10.2. The predicted molar refractivity (Wildman–Crippen MR) is 62.3 cm³/mol. The molecular formula is C11H13N5O2. The van der Waals surface area contributed by atoms with Crippen molar-refractivity contribution in [1.29, 1.82) is 0 Å². The number of nitrogens with one attached hydrogen (secondary N) is 1. The molecule has 0 spiro atoms. The van der Waals surface area contributed by atoms with Crippen LogP contribution in [0.2, 0.25) is 0 Å². The van der Waals surface area contributed by atoms with Crippen molar-refractivity contribution in [2.75, 3.05) is 13.2 Å². The van der Waals surface area contributed by atoms with Crippen LogP contribution in [-0.4, -0.2) is 44.7 Å². The molecule has 1 fully saturated rings. The first-order valence-corrected chi connectivity index (χ1v) is 5.73. The third-order valence-corrected chi connectivity index (χ3v) is 2.79. The molecule has 1 saturated heterocycles. The molecule has 7 heteroatoms. The van der Waals surface area contributed by atoms with Crippen LogP contribution < -0.4 is 5.32 Å². The number of carbonyl (C=O) groups is 1. The van der Waals surface area contributed by atoms with Gasteiger partial charge in [0.1, 0.15) is 0 Å². The molecule has 7 nitrogen and oxygen atoms in total. The molecule has 0 aliphatic carbocycles. The van der Waals surface area contributed by atoms with Crippen molar-refractivity contribution in [2.45, 2.75) is 19.9 Å². The SMILES string of the molecule is Cc1cc(C)n2nc(C(=O)NC3COC3)nc2n1. The van der Waals surface area contributed by atoms with Crippen molar-refractivity contribution in [3.63, 3.8) is 0 Å². The maximum absolute atomic E-state index is 11.9. The van der Waals surface area contributed by atoms with Gasteiger partial charge in [-0.25, -0.2) is 9.50 Å². The smallest absolute Gasteiger partial charge is 0.291 e. The monoisotopic (exact) mass is 247 g/mol. The number of nitrogens with zero attached hydrogens (tertiary/aromatic N) is 4. The maximum Gasteiger partial charge on any atom is 0.291 e. The number of carbonyl (C=O) groups excluding carboxylic acids is 1. The Morgan fingerprint density at radius 3 is 2.89 bits per heavy atom. The van der Waals surface area contributed by atoms with Crippen LogP contribution >= 0.6 is 0 Å². The molecule has 94 valence electrons. The number of amides is 1. The number of aromatic nitrogens is 4. The van der Waals surface area contributed by atoms with E-state index in [1.807, 2.05) is 19.9 Å². The van der Waals surface area contributed by atoms with E-state index >= 15 is 0 Å². The van der Waals surface area contributed by atoms with Gasteiger partial charge < -0.3 is 10.1 Å². The van der Waals surface area contributed by atoms with Crippen LogP contribution in [0.4, 0.5) is 0 Å². The fourth-order valence-corrected chi connectivity index (χ4v) is 1.83. The zero-order chi connectivity index (χ0) is 12.7. The van der Waals surface area contributed by atoms with Crippen molar-refractivity contribution in [3.8, 4) is 0 Å². The quantitative estimate of drug-likeness (QED) is 0.799. The van der Waals surface area contributed by atoms with Gasteiger partial charge in [-0.2, -0.15) is 4.98 Å². The Bertz CT molecular complexity index is 617. The Balaban J connectivity index is 1.92. The van der Waals surface area contributed by atoms with E-state index in [0.717, 1.165) is 11.4 Å². The number of rotatable bonds is 2. The second kappa shape index (κ2) is 4.02. The Hall–Kier alpha value is -2.02. The molecule has 0 radical (unpaired) electrons. The summed E-state index contributed by atoms with van der Waals surface area (Å²) in [6.07, 6.45) is 0. The Morgan fingerprint density at radius 1 is 1.44 bits per heavy atom. The van der Waals surface area contributed by atoms with E-state index < -0.39 is 0 Å². The highest BCUT2D eigenvalue weighted by Gasteiger charge is 2.23. The fraction of sp³-hybridized carbons (Fsp3) is 0.455. The molecule has 0 aromatic carbocycles. The summed E-state index contributed by atoms with van der Waals surface area (Å²) in [6.45, 7) is 4.88. The lowest BCUT2D eigenvalue weighted by Crippen LogP contribution is -2.48. The molecule has 1 amide bonds. The first kappa shape index (κ1) is 11.1. The maximum atomic E-state index is 11.9. The second-order valence-electron chi connectivity index (χ2n) is 4.39. The molecular weight excluding hydrogens is 234 g/mol. The van der Waals surface area contributed by atoms with E-state index in [4.69, 9.17) is 4.74 Å². The molecule has 2 aromatic heterocycles. The van der Waals surface area contributed by atoms with Crippen LogP contribution in [-0.2, 0) is 4.74 Å². The Morgan fingerprint density at radius 2 is 2.22 bits per heavy atom. The Labute approximate surface area is 103 Å². The lowest BCUT2D eigenvalue weighted by Gasteiger charge is -2.26. The summed E-state index contributed by atoms with van der Waals surface area (Å²) < 4.78 is 6.56. The minimum absolute atomic E-state index is 0.0694. The third kappa shape index (κ3) is 1.82. The van der Waals surface area contributed by atoms with E-state index in [2.05, 4.69) is 20.4 Å². The molecule has 0 saturated carbocycles. The van der Waals surface area contributed by atoms with E-state index in [1.54, 1.807) is 4.52 Å². The number of hydrogen-bond acceptors (Lipinski definition) is 5. The molecule has 2 aromatic rings. The minimum atomic E-state index is -0.286. The molecule has 18 heavy (non-hydrogen) atoms. The van der Waals surface area contributed by atoms with E-state index in [-0.39, 0.29) is 17.8 Å². The highest BCUT2D eigenvalue weighted by Crippen LogP contribution is 2.06. The minimum Gasteiger partial charge on any atom is -0.377 e. The van der Waals surface area contributed by atoms with Crippen molar-refractivity contribution in [2.24, 2.45) is 0 Å².